The summed E-state index contributed by atoms with van der Waals surface area (Å²) in [6, 6.07) is 1.75. The van der Waals surface area contributed by atoms with Crippen molar-refractivity contribution in [2.75, 3.05) is 37.7 Å². The van der Waals surface area contributed by atoms with Gasteiger partial charge in [0.15, 0.2) is 0 Å². The zero-order valence-electron chi connectivity index (χ0n) is 14.4. The third-order valence-corrected chi connectivity index (χ3v) is 4.07. The molecule has 1 fully saturated rings. The van der Waals surface area contributed by atoms with Gasteiger partial charge in [-0.05, 0) is 13.3 Å². The average Bonchev–Trinajstić information content (AvgIpc) is 3.16. The first-order chi connectivity index (χ1) is 12.3. The lowest BCUT2D eigenvalue weighted by Gasteiger charge is -2.34. The van der Waals surface area contributed by atoms with Gasteiger partial charge in [0.25, 0.3) is 0 Å². The number of nitrogens with zero attached hydrogens (tertiary/aromatic N) is 7. The first kappa shape index (κ1) is 17.1. The highest BCUT2D eigenvalue weighted by atomic mass is 16.5. The Kier molecular flexibility index (Phi) is 5.76. The van der Waals surface area contributed by atoms with E-state index in [1.54, 1.807) is 23.3 Å². The van der Waals surface area contributed by atoms with Gasteiger partial charge in [-0.3, -0.25) is 9.48 Å². The summed E-state index contributed by atoms with van der Waals surface area (Å²) in [6.07, 6.45) is 6.16. The summed E-state index contributed by atoms with van der Waals surface area (Å²) in [5, 5.41) is 4.04. The summed E-state index contributed by atoms with van der Waals surface area (Å²) in [5.74, 6) is 1.42. The molecule has 1 aliphatic rings. The molecule has 3 rings (SSSR count). The highest BCUT2D eigenvalue weighted by Gasteiger charge is 2.22. The Hall–Kier alpha value is -2.71. The Labute approximate surface area is 146 Å². The minimum atomic E-state index is 0.184. The summed E-state index contributed by atoms with van der Waals surface area (Å²) >= 11 is 0. The minimum absolute atomic E-state index is 0.184. The van der Waals surface area contributed by atoms with E-state index in [1.807, 2.05) is 11.8 Å². The van der Waals surface area contributed by atoms with Crippen LogP contribution in [-0.4, -0.2) is 68.3 Å². The van der Waals surface area contributed by atoms with E-state index < -0.39 is 0 Å². The Bertz CT molecular complexity index is 669. The first-order valence-corrected chi connectivity index (χ1v) is 8.57. The summed E-state index contributed by atoms with van der Waals surface area (Å²) < 4.78 is 7.16. The van der Waals surface area contributed by atoms with E-state index in [0.717, 1.165) is 19.5 Å². The molecule has 2 aromatic heterocycles. The molecular weight excluding hydrogens is 322 g/mol. The predicted octanol–water partition coefficient (Wildman–Crippen LogP) is 0.596. The van der Waals surface area contributed by atoms with Crippen LogP contribution in [0.3, 0.4) is 0 Å². The Balaban J connectivity index is 1.44. The quantitative estimate of drug-likeness (QED) is 0.726. The number of hydrogen-bond donors (Lipinski definition) is 0. The summed E-state index contributed by atoms with van der Waals surface area (Å²) in [7, 11) is 0. The standard InChI is InChI=1S/C16H23N7O2/c1-2-25-14-5-6-18-16(20-14)22-10-8-21(9-11-22)15(24)4-3-7-23-13-17-12-19-23/h5-6,12-13H,2-4,7-11H2,1H3. The van der Waals surface area contributed by atoms with Crippen LogP contribution < -0.4 is 9.64 Å². The second kappa shape index (κ2) is 8.41. The van der Waals surface area contributed by atoms with E-state index in [2.05, 4.69) is 25.0 Å². The van der Waals surface area contributed by atoms with Crippen LogP contribution >= 0.6 is 0 Å². The SMILES string of the molecule is CCOc1ccnc(N2CCN(C(=O)CCCn3cncn3)CC2)n1. The third-order valence-electron chi connectivity index (χ3n) is 4.07. The molecule has 0 unspecified atom stereocenters. The molecule has 25 heavy (non-hydrogen) atoms. The number of hydrogen-bond acceptors (Lipinski definition) is 7. The fourth-order valence-electron chi connectivity index (χ4n) is 2.77. The van der Waals surface area contributed by atoms with Gasteiger partial charge in [0, 0.05) is 51.4 Å². The van der Waals surface area contributed by atoms with Crippen LogP contribution in [0.1, 0.15) is 19.8 Å². The Morgan fingerprint density at radius 2 is 2.12 bits per heavy atom. The molecule has 0 radical (unpaired) electrons. The lowest BCUT2D eigenvalue weighted by atomic mass is 10.2. The maximum absolute atomic E-state index is 12.3. The number of piperazine rings is 1. The molecule has 0 N–H and O–H groups in total. The van der Waals surface area contributed by atoms with Crippen LogP contribution in [0.25, 0.3) is 0 Å². The van der Waals surface area contributed by atoms with Crippen molar-refractivity contribution in [3.05, 3.63) is 24.9 Å². The molecule has 0 atom stereocenters. The van der Waals surface area contributed by atoms with Crippen LogP contribution in [0, 0.1) is 0 Å². The van der Waals surface area contributed by atoms with Crippen LogP contribution in [0.4, 0.5) is 5.95 Å². The molecule has 0 aliphatic carbocycles. The number of rotatable bonds is 7. The highest BCUT2D eigenvalue weighted by Crippen LogP contribution is 2.15. The van der Waals surface area contributed by atoms with Crippen LogP contribution in [0.5, 0.6) is 5.88 Å². The normalized spacial score (nSPS) is 14.6. The van der Waals surface area contributed by atoms with Crippen molar-refractivity contribution >= 4 is 11.9 Å². The van der Waals surface area contributed by atoms with Gasteiger partial charge >= 0.3 is 0 Å². The van der Waals surface area contributed by atoms with Crippen molar-refractivity contribution in [1.82, 2.24) is 29.6 Å². The van der Waals surface area contributed by atoms with E-state index in [4.69, 9.17) is 4.74 Å². The van der Waals surface area contributed by atoms with E-state index in [0.29, 0.717) is 44.5 Å². The number of carbonyl (C=O) groups is 1. The molecule has 1 saturated heterocycles. The van der Waals surface area contributed by atoms with Gasteiger partial charge in [-0.15, -0.1) is 0 Å². The van der Waals surface area contributed by atoms with Crippen molar-refractivity contribution in [3.63, 3.8) is 0 Å². The number of ether oxygens (including phenoxy) is 1. The molecule has 9 heteroatoms. The fourth-order valence-corrected chi connectivity index (χ4v) is 2.77. The smallest absolute Gasteiger partial charge is 0.228 e. The summed E-state index contributed by atoms with van der Waals surface area (Å²) in [6.45, 7) is 6.04. The molecular formula is C16H23N7O2. The molecule has 0 saturated carbocycles. The number of amides is 1. The second-order valence-corrected chi connectivity index (χ2v) is 5.76. The largest absolute Gasteiger partial charge is 0.478 e. The maximum Gasteiger partial charge on any atom is 0.228 e. The summed E-state index contributed by atoms with van der Waals surface area (Å²) in [4.78, 5) is 28.9. The van der Waals surface area contributed by atoms with Crippen molar-refractivity contribution < 1.29 is 9.53 Å². The van der Waals surface area contributed by atoms with E-state index in [1.165, 1.54) is 6.33 Å². The third kappa shape index (κ3) is 4.65. The molecule has 0 aromatic carbocycles. The monoisotopic (exact) mass is 345 g/mol. The first-order valence-electron chi connectivity index (χ1n) is 8.57. The van der Waals surface area contributed by atoms with Crippen molar-refractivity contribution in [1.29, 1.82) is 0 Å². The van der Waals surface area contributed by atoms with Crippen LogP contribution in [-0.2, 0) is 11.3 Å². The van der Waals surface area contributed by atoms with Crippen molar-refractivity contribution in [2.45, 2.75) is 26.3 Å². The minimum Gasteiger partial charge on any atom is -0.478 e. The number of carbonyl (C=O) groups excluding carboxylic acids is 1. The zero-order valence-corrected chi connectivity index (χ0v) is 14.4. The molecule has 9 nitrogen and oxygen atoms in total. The molecule has 134 valence electrons. The zero-order chi connectivity index (χ0) is 17.5. The van der Waals surface area contributed by atoms with E-state index >= 15 is 0 Å². The molecule has 0 spiro atoms. The van der Waals surface area contributed by atoms with E-state index in [9.17, 15) is 4.79 Å². The average molecular weight is 345 g/mol. The van der Waals surface area contributed by atoms with Gasteiger partial charge in [-0.1, -0.05) is 0 Å². The van der Waals surface area contributed by atoms with Crippen LogP contribution in [0.2, 0.25) is 0 Å². The van der Waals surface area contributed by atoms with Gasteiger partial charge in [0.2, 0.25) is 17.7 Å². The predicted molar refractivity (Wildman–Crippen MR) is 91.3 cm³/mol. The van der Waals surface area contributed by atoms with Gasteiger partial charge in [0.05, 0.1) is 6.61 Å². The summed E-state index contributed by atoms with van der Waals surface area (Å²) in [5.41, 5.74) is 0. The molecule has 3 heterocycles. The molecule has 1 aliphatic heterocycles. The second-order valence-electron chi connectivity index (χ2n) is 5.76. The van der Waals surface area contributed by atoms with Crippen molar-refractivity contribution in [3.8, 4) is 5.88 Å². The Morgan fingerprint density at radius 1 is 1.28 bits per heavy atom. The van der Waals surface area contributed by atoms with Crippen molar-refractivity contribution in [2.24, 2.45) is 0 Å². The van der Waals surface area contributed by atoms with Gasteiger partial charge < -0.3 is 14.5 Å². The molecule has 0 bridgehead atoms. The van der Waals surface area contributed by atoms with Gasteiger partial charge in [-0.2, -0.15) is 10.1 Å². The number of aryl methyl sites for hydroxylation is 1. The van der Waals surface area contributed by atoms with E-state index in [-0.39, 0.29) is 5.91 Å². The molecule has 2 aromatic rings. The highest BCUT2D eigenvalue weighted by molar-refractivity contribution is 5.76. The fraction of sp³-hybridized carbons (Fsp3) is 0.562. The lowest BCUT2D eigenvalue weighted by molar-refractivity contribution is -0.131. The van der Waals surface area contributed by atoms with Gasteiger partial charge in [0.1, 0.15) is 12.7 Å². The number of aromatic nitrogens is 5. The maximum atomic E-state index is 12.3. The lowest BCUT2D eigenvalue weighted by Crippen LogP contribution is -2.49. The van der Waals surface area contributed by atoms with Gasteiger partial charge in [-0.25, -0.2) is 9.97 Å². The number of anilines is 1. The van der Waals surface area contributed by atoms with Crippen LogP contribution in [0.15, 0.2) is 24.9 Å². The topological polar surface area (TPSA) is 89.3 Å². The molecule has 1 amide bonds. The Morgan fingerprint density at radius 3 is 2.84 bits per heavy atom.